The maximum Gasteiger partial charge on any atom is 0.131 e. The third kappa shape index (κ3) is 2.67. The van der Waals surface area contributed by atoms with Crippen molar-refractivity contribution in [2.24, 2.45) is 5.73 Å². The third-order valence-electron chi connectivity index (χ3n) is 2.35. The number of halogens is 1. The molecule has 1 aromatic rings. The molecule has 3 nitrogen and oxygen atoms in total. The highest BCUT2D eigenvalue weighted by molar-refractivity contribution is 5.38. The highest BCUT2D eigenvalue weighted by Crippen LogP contribution is 2.26. The van der Waals surface area contributed by atoms with E-state index in [9.17, 15) is 4.39 Å². The Morgan fingerprint density at radius 3 is 2.73 bits per heavy atom. The fourth-order valence-electron chi connectivity index (χ4n) is 1.48. The number of methoxy groups -OCH3 is 1. The van der Waals surface area contributed by atoms with Crippen molar-refractivity contribution < 1.29 is 14.2 Å². The number of hydrogen-bond acceptors (Lipinski definition) is 3. The van der Waals surface area contributed by atoms with Crippen molar-refractivity contribution in [2.75, 3.05) is 13.7 Å². The first kappa shape index (κ1) is 11.9. The lowest BCUT2D eigenvalue weighted by atomic mass is 10.0. The number of aliphatic hydroxyl groups excluding tert-OH is 1. The molecule has 0 saturated carbocycles. The lowest BCUT2D eigenvalue weighted by molar-refractivity contribution is 0.275. The summed E-state index contributed by atoms with van der Waals surface area (Å²) in [5, 5.41) is 8.73. The lowest BCUT2D eigenvalue weighted by Gasteiger charge is -2.14. The van der Waals surface area contributed by atoms with Gasteiger partial charge in [0, 0.05) is 24.3 Å². The molecule has 3 N–H and O–H groups in total. The van der Waals surface area contributed by atoms with Crippen LogP contribution in [0.2, 0.25) is 0 Å². The zero-order valence-electron chi connectivity index (χ0n) is 8.96. The Morgan fingerprint density at radius 2 is 2.20 bits per heavy atom. The Bertz CT molecular complexity index is 342. The molecule has 0 aliphatic rings. The van der Waals surface area contributed by atoms with Gasteiger partial charge in [-0.2, -0.15) is 0 Å². The number of aliphatic hydroxyl groups is 1. The highest BCUT2D eigenvalue weighted by atomic mass is 19.1. The van der Waals surface area contributed by atoms with Crippen molar-refractivity contribution in [3.8, 4) is 5.75 Å². The first-order valence-electron chi connectivity index (χ1n) is 4.80. The van der Waals surface area contributed by atoms with Gasteiger partial charge >= 0.3 is 0 Å². The molecule has 0 saturated heterocycles. The van der Waals surface area contributed by atoms with Gasteiger partial charge in [0.05, 0.1) is 7.11 Å². The van der Waals surface area contributed by atoms with E-state index >= 15 is 0 Å². The van der Waals surface area contributed by atoms with Gasteiger partial charge in [-0.1, -0.05) is 0 Å². The van der Waals surface area contributed by atoms with Crippen LogP contribution in [0.3, 0.4) is 0 Å². The third-order valence-corrected chi connectivity index (χ3v) is 2.35. The average molecular weight is 213 g/mol. The van der Waals surface area contributed by atoms with Gasteiger partial charge < -0.3 is 15.6 Å². The van der Waals surface area contributed by atoms with Gasteiger partial charge in [-0.3, -0.25) is 0 Å². The maximum atomic E-state index is 13.5. The normalized spacial score (nSPS) is 12.6. The Labute approximate surface area is 88.7 Å². The molecule has 1 rings (SSSR count). The van der Waals surface area contributed by atoms with Gasteiger partial charge in [-0.15, -0.1) is 0 Å². The van der Waals surface area contributed by atoms with Crippen molar-refractivity contribution in [2.45, 2.75) is 19.4 Å². The van der Waals surface area contributed by atoms with Crippen LogP contribution in [-0.2, 0) is 0 Å². The molecule has 0 fully saturated rings. The summed E-state index contributed by atoms with van der Waals surface area (Å²) >= 11 is 0. The fraction of sp³-hybridized carbons (Fsp3) is 0.455. The summed E-state index contributed by atoms with van der Waals surface area (Å²) in [6, 6.07) is 2.51. The molecule has 1 atom stereocenters. The molecule has 0 amide bonds. The average Bonchev–Trinajstić information content (AvgIpc) is 2.21. The minimum atomic E-state index is -0.473. The molecule has 0 aliphatic carbocycles. The number of ether oxygens (including phenoxy) is 1. The quantitative estimate of drug-likeness (QED) is 0.797. The van der Waals surface area contributed by atoms with Crippen LogP contribution in [0, 0.1) is 12.7 Å². The Balaban J connectivity index is 3.04. The van der Waals surface area contributed by atoms with E-state index in [4.69, 9.17) is 15.6 Å². The molecule has 15 heavy (non-hydrogen) atoms. The predicted molar refractivity (Wildman–Crippen MR) is 56.3 cm³/mol. The Hall–Kier alpha value is -1.13. The van der Waals surface area contributed by atoms with Crippen molar-refractivity contribution in [1.82, 2.24) is 0 Å². The van der Waals surface area contributed by atoms with Gasteiger partial charge in [0.25, 0.3) is 0 Å². The standard InChI is InChI=1S/C11H16FNO2/c1-7-5-8(10(13)3-4-14)9(12)6-11(7)15-2/h5-6,10,14H,3-4,13H2,1-2H3. The number of rotatable bonds is 4. The molecule has 0 radical (unpaired) electrons. The van der Waals surface area contributed by atoms with E-state index in [0.29, 0.717) is 17.7 Å². The van der Waals surface area contributed by atoms with Crippen LogP contribution in [0.1, 0.15) is 23.6 Å². The van der Waals surface area contributed by atoms with Crippen molar-refractivity contribution in [3.63, 3.8) is 0 Å². The van der Waals surface area contributed by atoms with Crippen molar-refractivity contribution in [1.29, 1.82) is 0 Å². The molecular formula is C11H16FNO2. The second kappa shape index (κ2) is 5.09. The summed E-state index contributed by atoms with van der Waals surface area (Å²) in [7, 11) is 1.50. The Kier molecular flexibility index (Phi) is 4.05. The van der Waals surface area contributed by atoms with E-state index in [-0.39, 0.29) is 6.61 Å². The Morgan fingerprint density at radius 1 is 1.53 bits per heavy atom. The van der Waals surface area contributed by atoms with Crippen LogP contribution >= 0.6 is 0 Å². The lowest BCUT2D eigenvalue weighted by Crippen LogP contribution is -2.14. The largest absolute Gasteiger partial charge is 0.496 e. The molecule has 0 aromatic heterocycles. The number of aryl methyl sites for hydroxylation is 1. The molecule has 0 aliphatic heterocycles. The van der Waals surface area contributed by atoms with Crippen LogP contribution in [0.15, 0.2) is 12.1 Å². The van der Waals surface area contributed by atoms with Gasteiger partial charge in [0.15, 0.2) is 0 Å². The summed E-state index contributed by atoms with van der Waals surface area (Å²) in [6.45, 7) is 1.78. The zero-order valence-corrected chi connectivity index (χ0v) is 8.96. The summed E-state index contributed by atoms with van der Waals surface area (Å²) in [5.74, 6) is 0.117. The van der Waals surface area contributed by atoms with Crippen molar-refractivity contribution in [3.05, 3.63) is 29.1 Å². The van der Waals surface area contributed by atoms with Gasteiger partial charge in [-0.05, 0) is 25.0 Å². The number of benzene rings is 1. The van der Waals surface area contributed by atoms with Crippen molar-refractivity contribution >= 4 is 0 Å². The minimum absolute atomic E-state index is 0.0499. The van der Waals surface area contributed by atoms with Crippen LogP contribution in [0.4, 0.5) is 4.39 Å². The molecule has 0 bridgehead atoms. The van der Waals surface area contributed by atoms with Gasteiger partial charge in [0.2, 0.25) is 0 Å². The second-order valence-electron chi connectivity index (χ2n) is 3.46. The van der Waals surface area contributed by atoms with Crippen LogP contribution in [-0.4, -0.2) is 18.8 Å². The van der Waals surface area contributed by atoms with Crippen LogP contribution in [0.25, 0.3) is 0 Å². The fourth-order valence-corrected chi connectivity index (χ4v) is 1.48. The SMILES string of the molecule is COc1cc(F)c(C(N)CCO)cc1C. The molecule has 0 heterocycles. The molecule has 1 unspecified atom stereocenters. The molecule has 0 spiro atoms. The molecular weight excluding hydrogens is 197 g/mol. The monoisotopic (exact) mass is 213 g/mol. The first-order valence-corrected chi connectivity index (χ1v) is 4.80. The second-order valence-corrected chi connectivity index (χ2v) is 3.46. The summed E-state index contributed by atoms with van der Waals surface area (Å²) in [4.78, 5) is 0. The molecule has 4 heteroatoms. The summed E-state index contributed by atoms with van der Waals surface area (Å²) in [5.41, 5.74) is 6.98. The van der Waals surface area contributed by atoms with Crippen LogP contribution in [0.5, 0.6) is 5.75 Å². The number of nitrogens with two attached hydrogens (primary N) is 1. The smallest absolute Gasteiger partial charge is 0.131 e. The topological polar surface area (TPSA) is 55.5 Å². The van der Waals surface area contributed by atoms with E-state index in [2.05, 4.69) is 0 Å². The van der Waals surface area contributed by atoms with E-state index in [1.54, 1.807) is 6.07 Å². The van der Waals surface area contributed by atoms with E-state index < -0.39 is 11.9 Å². The number of hydrogen-bond donors (Lipinski definition) is 2. The first-order chi connectivity index (χ1) is 7.10. The summed E-state index contributed by atoms with van der Waals surface area (Å²) in [6.07, 6.45) is 0.350. The zero-order chi connectivity index (χ0) is 11.4. The highest BCUT2D eigenvalue weighted by Gasteiger charge is 2.13. The van der Waals surface area contributed by atoms with E-state index in [0.717, 1.165) is 5.56 Å². The predicted octanol–water partition coefficient (Wildman–Crippen LogP) is 1.52. The van der Waals surface area contributed by atoms with Crippen LogP contribution < -0.4 is 10.5 Å². The summed E-state index contributed by atoms with van der Waals surface area (Å²) < 4.78 is 18.5. The van der Waals surface area contributed by atoms with E-state index in [1.807, 2.05) is 6.92 Å². The van der Waals surface area contributed by atoms with Gasteiger partial charge in [-0.25, -0.2) is 4.39 Å². The van der Waals surface area contributed by atoms with E-state index in [1.165, 1.54) is 13.2 Å². The molecule has 84 valence electrons. The molecule has 1 aromatic carbocycles. The van der Waals surface area contributed by atoms with Gasteiger partial charge in [0.1, 0.15) is 11.6 Å². The maximum absolute atomic E-state index is 13.5. The minimum Gasteiger partial charge on any atom is -0.496 e.